The molecule has 7 heteroatoms. The van der Waals surface area contributed by atoms with Gasteiger partial charge in [0, 0.05) is 23.8 Å². The molecule has 0 aromatic heterocycles. The van der Waals surface area contributed by atoms with E-state index in [0.29, 0.717) is 19.0 Å². The molecule has 1 heterocycles. The highest BCUT2D eigenvalue weighted by Gasteiger charge is 2.27. The summed E-state index contributed by atoms with van der Waals surface area (Å²) >= 11 is 0. The molecule has 1 amide bonds. The maximum Gasteiger partial charge on any atom is 0.261 e. The Morgan fingerprint density at radius 2 is 2.16 bits per heavy atom. The Morgan fingerprint density at radius 1 is 1.47 bits per heavy atom. The van der Waals surface area contributed by atoms with Gasteiger partial charge in [-0.15, -0.1) is 0 Å². The first-order chi connectivity index (χ1) is 8.79. The van der Waals surface area contributed by atoms with Gasteiger partial charge >= 0.3 is 0 Å². The van der Waals surface area contributed by atoms with Crippen LogP contribution in [0.3, 0.4) is 0 Å². The Balaban J connectivity index is 2.36. The molecule has 104 valence electrons. The van der Waals surface area contributed by atoms with Crippen LogP contribution in [0.5, 0.6) is 0 Å². The molecule has 0 radical (unpaired) electrons. The molecule has 1 unspecified atom stereocenters. The van der Waals surface area contributed by atoms with E-state index in [1.807, 2.05) is 6.92 Å². The van der Waals surface area contributed by atoms with Crippen molar-refractivity contribution in [2.75, 3.05) is 13.1 Å². The van der Waals surface area contributed by atoms with Crippen LogP contribution in [0.1, 0.15) is 23.7 Å². The lowest BCUT2D eigenvalue weighted by molar-refractivity contribution is 0.0783. The predicted molar refractivity (Wildman–Crippen MR) is 69.1 cm³/mol. The van der Waals surface area contributed by atoms with Gasteiger partial charge < -0.3 is 4.90 Å². The van der Waals surface area contributed by atoms with Crippen LogP contribution >= 0.6 is 10.7 Å². The molecular weight excluding hydrogens is 293 g/mol. The lowest BCUT2D eigenvalue weighted by Gasteiger charge is -2.16. The van der Waals surface area contributed by atoms with Crippen LogP contribution in [0.25, 0.3) is 0 Å². The van der Waals surface area contributed by atoms with Gasteiger partial charge in [-0.2, -0.15) is 0 Å². The van der Waals surface area contributed by atoms with Crippen molar-refractivity contribution >= 4 is 25.6 Å². The SMILES string of the molecule is CC1CCN(C(=O)c2cc(S(=O)(=O)Cl)ccc2F)C1. The second-order valence-corrected chi connectivity index (χ2v) is 7.29. The molecule has 1 aromatic carbocycles. The molecule has 1 atom stereocenters. The third-order valence-corrected chi connectivity index (χ3v) is 4.51. The summed E-state index contributed by atoms with van der Waals surface area (Å²) < 4.78 is 36.1. The predicted octanol–water partition coefficient (Wildman–Crippen LogP) is 2.24. The zero-order valence-electron chi connectivity index (χ0n) is 10.3. The Kier molecular flexibility index (Phi) is 3.82. The van der Waals surface area contributed by atoms with E-state index in [4.69, 9.17) is 10.7 Å². The summed E-state index contributed by atoms with van der Waals surface area (Å²) in [4.78, 5) is 13.4. The molecule has 0 aliphatic carbocycles. The summed E-state index contributed by atoms with van der Waals surface area (Å²) in [6, 6.07) is 2.98. The fourth-order valence-electron chi connectivity index (χ4n) is 2.11. The summed E-state index contributed by atoms with van der Waals surface area (Å²) in [7, 11) is 1.22. The highest BCUT2D eigenvalue weighted by molar-refractivity contribution is 8.13. The third-order valence-electron chi connectivity index (χ3n) is 3.16. The van der Waals surface area contributed by atoms with Gasteiger partial charge in [0.2, 0.25) is 0 Å². The van der Waals surface area contributed by atoms with E-state index in [0.717, 1.165) is 24.6 Å². The minimum Gasteiger partial charge on any atom is -0.338 e. The average molecular weight is 306 g/mol. The summed E-state index contributed by atoms with van der Waals surface area (Å²) in [5.74, 6) is -0.871. The highest BCUT2D eigenvalue weighted by atomic mass is 35.7. The number of carbonyl (C=O) groups is 1. The molecule has 1 aliphatic heterocycles. The smallest absolute Gasteiger partial charge is 0.261 e. The topological polar surface area (TPSA) is 54.5 Å². The first-order valence-electron chi connectivity index (χ1n) is 5.82. The first kappa shape index (κ1) is 14.3. The second-order valence-electron chi connectivity index (χ2n) is 4.72. The molecule has 1 aromatic rings. The van der Waals surface area contributed by atoms with Crippen LogP contribution in [-0.2, 0) is 9.05 Å². The minimum absolute atomic E-state index is 0.254. The molecule has 0 bridgehead atoms. The number of hydrogen-bond donors (Lipinski definition) is 0. The van der Waals surface area contributed by atoms with E-state index in [-0.39, 0.29) is 10.5 Å². The van der Waals surface area contributed by atoms with E-state index >= 15 is 0 Å². The molecule has 19 heavy (non-hydrogen) atoms. The van der Waals surface area contributed by atoms with E-state index in [2.05, 4.69) is 0 Å². The molecule has 1 fully saturated rings. The van der Waals surface area contributed by atoms with Crippen LogP contribution < -0.4 is 0 Å². The zero-order valence-corrected chi connectivity index (χ0v) is 11.8. The van der Waals surface area contributed by atoms with Gasteiger partial charge in [0.15, 0.2) is 0 Å². The quantitative estimate of drug-likeness (QED) is 0.787. The van der Waals surface area contributed by atoms with Crippen molar-refractivity contribution in [3.8, 4) is 0 Å². The highest BCUT2D eigenvalue weighted by Crippen LogP contribution is 2.23. The number of carbonyl (C=O) groups excluding carboxylic acids is 1. The van der Waals surface area contributed by atoms with Crippen molar-refractivity contribution in [2.24, 2.45) is 5.92 Å². The number of hydrogen-bond acceptors (Lipinski definition) is 3. The Morgan fingerprint density at radius 3 is 2.68 bits per heavy atom. The molecule has 0 saturated carbocycles. The van der Waals surface area contributed by atoms with Crippen LogP contribution in [0.15, 0.2) is 23.1 Å². The summed E-state index contributed by atoms with van der Waals surface area (Å²) in [6.45, 7) is 3.11. The summed E-state index contributed by atoms with van der Waals surface area (Å²) in [5.41, 5.74) is -0.254. The Bertz CT molecular complexity index is 617. The van der Waals surface area contributed by atoms with Crippen molar-refractivity contribution < 1.29 is 17.6 Å². The molecule has 2 rings (SSSR count). The molecule has 0 N–H and O–H groups in total. The Labute approximate surface area is 115 Å². The van der Waals surface area contributed by atoms with Gasteiger partial charge in [-0.1, -0.05) is 6.92 Å². The Hall–Kier alpha value is -1.14. The fraction of sp³-hybridized carbons (Fsp3) is 0.417. The van der Waals surface area contributed by atoms with Crippen LogP contribution in [0, 0.1) is 11.7 Å². The largest absolute Gasteiger partial charge is 0.338 e. The van der Waals surface area contributed by atoms with Crippen LogP contribution in [-0.4, -0.2) is 32.3 Å². The average Bonchev–Trinajstić information content (AvgIpc) is 2.74. The van der Waals surface area contributed by atoms with E-state index in [1.54, 1.807) is 0 Å². The number of amides is 1. The number of likely N-dealkylation sites (tertiary alicyclic amines) is 1. The van der Waals surface area contributed by atoms with Crippen molar-refractivity contribution in [3.63, 3.8) is 0 Å². The molecule has 0 spiro atoms. The lowest BCUT2D eigenvalue weighted by atomic mass is 10.1. The van der Waals surface area contributed by atoms with Gasteiger partial charge in [-0.25, -0.2) is 12.8 Å². The maximum absolute atomic E-state index is 13.7. The maximum atomic E-state index is 13.7. The van der Waals surface area contributed by atoms with Crippen LogP contribution in [0.2, 0.25) is 0 Å². The molecular formula is C12H13ClFNO3S. The van der Waals surface area contributed by atoms with Crippen LogP contribution in [0.4, 0.5) is 4.39 Å². The van der Waals surface area contributed by atoms with E-state index in [1.165, 1.54) is 4.90 Å². The standard InChI is InChI=1S/C12H13ClFNO3S/c1-8-4-5-15(7-8)12(16)10-6-9(19(13,17)18)2-3-11(10)14/h2-3,6,8H,4-5,7H2,1H3. The molecule has 4 nitrogen and oxygen atoms in total. The third kappa shape index (κ3) is 3.06. The number of nitrogens with zero attached hydrogens (tertiary/aromatic N) is 1. The molecule has 1 saturated heterocycles. The zero-order chi connectivity index (χ0) is 14.2. The van der Waals surface area contributed by atoms with Gasteiger partial charge in [0.05, 0.1) is 10.5 Å². The monoisotopic (exact) mass is 305 g/mol. The van der Waals surface area contributed by atoms with Crippen molar-refractivity contribution in [1.29, 1.82) is 0 Å². The summed E-state index contributed by atoms with van der Waals surface area (Å²) in [6.07, 6.45) is 0.862. The van der Waals surface area contributed by atoms with Crippen molar-refractivity contribution in [3.05, 3.63) is 29.6 Å². The number of benzene rings is 1. The van der Waals surface area contributed by atoms with E-state index < -0.39 is 20.8 Å². The second kappa shape index (κ2) is 5.09. The van der Waals surface area contributed by atoms with E-state index in [9.17, 15) is 17.6 Å². The number of rotatable bonds is 2. The normalized spacial score (nSPS) is 19.7. The first-order valence-corrected chi connectivity index (χ1v) is 8.13. The molecule has 1 aliphatic rings. The lowest BCUT2D eigenvalue weighted by Crippen LogP contribution is -2.29. The van der Waals surface area contributed by atoms with Gasteiger partial charge in [-0.05, 0) is 30.5 Å². The summed E-state index contributed by atoms with van der Waals surface area (Å²) in [5, 5.41) is 0. The minimum atomic E-state index is -3.98. The fourth-order valence-corrected chi connectivity index (χ4v) is 2.89. The van der Waals surface area contributed by atoms with Gasteiger partial charge in [0.25, 0.3) is 15.0 Å². The van der Waals surface area contributed by atoms with Gasteiger partial charge in [-0.3, -0.25) is 4.79 Å². The van der Waals surface area contributed by atoms with Crippen molar-refractivity contribution in [1.82, 2.24) is 4.90 Å². The van der Waals surface area contributed by atoms with Gasteiger partial charge in [0.1, 0.15) is 5.82 Å². The number of halogens is 2. The van der Waals surface area contributed by atoms with Crippen molar-refractivity contribution in [2.45, 2.75) is 18.2 Å².